The Kier molecular flexibility index (Phi) is 4.82. The van der Waals surface area contributed by atoms with Gasteiger partial charge in [-0.05, 0) is 0 Å². The summed E-state index contributed by atoms with van der Waals surface area (Å²) in [5.74, 6) is -1.45. The molecular weight excluding hydrogens is 260 g/mol. The fraction of sp³-hybridized carbons (Fsp3) is 0.444. The number of rotatable bonds is 6. The van der Waals surface area contributed by atoms with E-state index in [4.69, 9.17) is 5.26 Å². The molecule has 9 heteroatoms. The van der Waals surface area contributed by atoms with Crippen LogP contribution in [0.25, 0.3) is 0 Å². The second kappa shape index (κ2) is 6.13. The third kappa shape index (κ3) is 4.15. The number of aromatic amines is 1. The van der Waals surface area contributed by atoms with Crippen LogP contribution in [0.2, 0.25) is 0 Å². The Hall–Kier alpha value is -1.92. The molecule has 1 atom stereocenters. The molecule has 18 heavy (non-hydrogen) atoms. The predicted octanol–water partition coefficient (Wildman–Crippen LogP) is -1.06. The zero-order valence-electron chi connectivity index (χ0n) is 9.58. The zero-order chi connectivity index (χ0) is 13.6. The van der Waals surface area contributed by atoms with Gasteiger partial charge in [-0.15, -0.1) is 0 Å². The molecule has 0 aliphatic heterocycles. The number of imidazole rings is 1. The molecule has 1 aromatic heterocycles. The number of sulfonamides is 1. The van der Waals surface area contributed by atoms with Gasteiger partial charge in [0, 0.05) is 18.3 Å². The third-order valence-corrected chi connectivity index (χ3v) is 3.19. The highest BCUT2D eigenvalue weighted by atomic mass is 32.2. The van der Waals surface area contributed by atoms with Gasteiger partial charge in [0.1, 0.15) is 6.04 Å². The second-order valence-electron chi connectivity index (χ2n) is 3.39. The van der Waals surface area contributed by atoms with Gasteiger partial charge in [-0.1, -0.05) is 0 Å². The van der Waals surface area contributed by atoms with E-state index in [9.17, 15) is 13.2 Å². The van der Waals surface area contributed by atoms with Crippen molar-refractivity contribution in [3.8, 4) is 6.07 Å². The van der Waals surface area contributed by atoms with Gasteiger partial charge in [-0.2, -0.15) is 9.98 Å². The van der Waals surface area contributed by atoms with Crippen molar-refractivity contribution < 1.29 is 17.9 Å². The third-order valence-electron chi connectivity index (χ3n) is 2.04. The van der Waals surface area contributed by atoms with Crippen molar-refractivity contribution in [1.82, 2.24) is 14.7 Å². The molecule has 0 saturated heterocycles. The Morgan fingerprint density at radius 1 is 1.72 bits per heavy atom. The molecule has 0 aromatic carbocycles. The normalized spacial score (nSPS) is 12.7. The number of methoxy groups -OCH3 is 1. The van der Waals surface area contributed by atoms with Gasteiger partial charge in [0.15, 0.2) is 5.75 Å². The Bertz CT molecular complexity index is 531. The van der Waals surface area contributed by atoms with Crippen LogP contribution >= 0.6 is 0 Å². The first-order valence-electron chi connectivity index (χ1n) is 4.90. The van der Waals surface area contributed by atoms with Gasteiger partial charge in [-0.25, -0.2) is 13.4 Å². The number of carbonyl (C=O) groups excluding carboxylic acids is 1. The summed E-state index contributed by atoms with van der Waals surface area (Å²) in [6.45, 7) is 0. The molecule has 0 bridgehead atoms. The van der Waals surface area contributed by atoms with Crippen LogP contribution in [0.1, 0.15) is 5.69 Å². The van der Waals surface area contributed by atoms with E-state index in [-0.39, 0.29) is 6.42 Å². The van der Waals surface area contributed by atoms with E-state index in [2.05, 4.69) is 19.4 Å². The lowest BCUT2D eigenvalue weighted by atomic mass is 10.2. The molecule has 1 heterocycles. The van der Waals surface area contributed by atoms with Gasteiger partial charge >= 0.3 is 5.97 Å². The van der Waals surface area contributed by atoms with Crippen molar-refractivity contribution >= 4 is 16.0 Å². The minimum Gasteiger partial charge on any atom is -0.468 e. The van der Waals surface area contributed by atoms with Gasteiger partial charge in [0.2, 0.25) is 10.0 Å². The van der Waals surface area contributed by atoms with Crippen molar-refractivity contribution in [3.63, 3.8) is 0 Å². The smallest absolute Gasteiger partial charge is 0.324 e. The van der Waals surface area contributed by atoms with E-state index < -0.39 is 27.8 Å². The molecule has 0 saturated carbocycles. The summed E-state index contributed by atoms with van der Waals surface area (Å²) in [6, 6.07) is 0.417. The Morgan fingerprint density at radius 2 is 2.44 bits per heavy atom. The predicted molar refractivity (Wildman–Crippen MR) is 60.6 cm³/mol. The molecule has 2 N–H and O–H groups in total. The first-order chi connectivity index (χ1) is 8.48. The van der Waals surface area contributed by atoms with Crippen LogP contribution in [0.4, 0.5) is 0 Å². The van der Waals surface area contributed by atoms with E-state index in [0.717, 1.165) is 7.11 Å². The number of hydrogen-bond acceptors (Lipinski definition) is 6. The molecule has 0 unspecified atom stereocenters. The summed E-state index contributed by atoms with van der Waals surface area (Å²) >= 11 is 0. The molecule has 8 nitrogen and oxygen atoms in total. The number of nitrogens with zero attached hydrogens (tertiary/aromatic N) is 2. The van der Waals surface area contributed by atoms with Gasteiger partial charge in [0.05, 0.1) is 19.5 Å². The maximum absolute atomic E-state index is 11.5. The quantitative estimate of drug-likeness (QED) is 0.636. The second-order valence-corrected chi connectivity index (χ2v) is 5.15. The molecule has 0 aliphatic carbocycles. The van der Waals surface area contributed by atoms with Crippen molar-refractivity contribution in [1.29, 1.82) is 5.26 Å². The molecule has 98 valence electrons. The van der Waals surface area contributed by atoms with E-state index in [1.165, 1.54) is 18.6 Å². The summed E-state index contributed by atoms with van der Waals surface area (Å²) in [5.41, 5.74) is 0.574. The maximum atomic E-state index is 11.5. The first kappa shape index (κ1) is 14.1. The lowest BCUT2D eigenvalue weighted by Gasteiger charge is -2.14. The largest absolute Gasteiger partial charge is 0.468 e. The van der Waals surface area contributed by atoms with Crippen LogP contribution < -0.4 is 4.72 Å². The lowest BCUT2D eigenvalue weighted by Crippen LogP contribution is -2.43. The minimum absolute atomic E-state index is 0.0668. The van der Waals surface area contributed by atoms with Crippen molar-refractivity contribution in [2.45, 2.75) is 12.5 Å². The Balaban J connectivity index is 2.80. The zero-order valence-corrected chi connectivity index (χ0v) is 10.4. The van der Waals surface area contributed by atoms with E-state index in [1.807, 2.05) is 0 Å². The van der Waals surface area contributed by atoms with E-state index >= 15 is 0 Å². The SMILES string of the molecule is COC(=O)[C@H](Cc1cnc[nH]1)NS(=O)(=O)CC#N. The molecule has 0 amide bonds. The van der Waals surface area contributed by atoms with Crippen molar-refractivity contribution in [2.24, 2.45) is 0 Å². The summed E-state index contributed by atoms with van der Waals surface area (Å²) in [5, 5.41) is 8.37. The standard InChI is InChI=1S/C9H12N4O4S/c1-17-9(14)8(4-7-5-11-6-12-7)13-18(15,16)3-2-10/h5-6,8,13H,3-4H2,1H3,(H,11,12)/t8-/m0/s1. The number of nitriles is 1. The Labute approximate surface area is 104 Å². The topological polar surface area (TPSA) is 125 Å². The molecule has 1 rings (SSSR count). The molecule has 1 aromatic rings. The van der Waals surface area contributed by atoms with Crippen LogP contribution in [0.5, 0.6) is 0 Å². The van der Waals surface area contributed by atoms with Crippen LogP contribution in [-0.2, 0) is 26.0 Å². The van der Waals surface area contributed by atoms with E-state index in [0.29, 0.717) is 5.69 Å². The van der Waals surface area contributed by atoms with Crippen molar-refractivity contribution in [2.75, 3.05) is 12.9 Å². The highest BCUT2D eigenvalue weighted by molar-refractivity contribution is 7.89. The molecule has 0 spiro atoms. The van der Waals surface area contributed by atoms with Gasteiger partial charge in [0.25, 0.3) is 0 Å². The number of ether oxygens (including phenoxy) is 1. The number of aromatic nitrogens is 2. The number of nitrogens with one attached hydrogen (secondary N) is 2. The fourth-order valence-corrected chi connectivity index (χ4v) is 2.14. The van der Waals surface area contributed by atoms with Crippen LogP contribution in [0.3, 0.4) is 0 Å². The maximum Gasteiger partial charge on any atom is 0.324 e. The van der Waals surface area contributed by atoms with Crippen molar-refractivity contribution in [3.05, 3.63) is 18.2 Å². The summed E-state index contributed by atoms with van der Waals surface area (Å²) < 4.78 is 29.5. The molecule has 0 aliphatic rings. The van der Waals surface area contributed by atoms with Crippen LogP contribution in [-0.4, -0.2) is 43.3 Å². The van der Waals surface area contributed by atoms with Crippen LogP contribution in [0, 0.1) is 11.3 Å². The van der Waals surface area contributed by atoms with E-state index in [1.54, 1.807) is 0 Å². The monoisotopic (exact) mass is 272 g/mol. The lowest BCUT2D eigenvalue weighted by molar-refractivity contribution is -0.142. The highest BCUT2D eigenvalue weighted by Crippen LogP contribution is 2.02. The number of hydrogen-bond donors (Lipinski definition) is 2. The summed E-state index contributed by atoms with van der Waals surface area (Å²) in [4.78, 5) is 18.0. The number of H-pyrrole nitrogens is 1. The van der Waals surface area contributed by atoms with Crippen LogP contribution in [0.15, 0.2) is 12.5 Å². The fourth-order valence-electron chi connectivity index (χ4n) is 1.27. The molecular formula is C9H12N4O4S. The summed E-state index contributed by atoms with van der Waals surface area (Å²) in [7, 11) is -2.68. The molecule has 0 radical (unpaired) electrons. The number of carbonyl (C=O) groups is 1. The number of esters is 1. The Morgan fingerprint density at radius 3 is 2.94 bits per heavy atom. The average Bonchev–Trinajstić information content (AvgIpc) is 2.79. The average molecular weight is 272 g/mol. The van der Waals surface area contributed by atoms with Gasteiger partial charge in [-0.3, -0.25) is 4.79 Å². The first-order valence-corrected chi connectivity index (χ1v) is 6.55. The minimum atomic E-state index is -3.84. The highest BCUT2D eigenvalue weighted by Gasteiger charge is 2.25. The van der Waals surface area contributed by atoms with Gasteiger partial charge < -0.3 is 9.72 Å². The summed E-state index contributed by atoms with van der Waals surface area (Å²) in [6.07, 6.45) is 2.94. The molecule has 0 fully saturated rings.